The lowest BCUT2D eigenvalue weighted by Crippen LogP contribution is -2.10. The highest BCUT2D eigenvalue weighted by Gasteiger charge is 2.14. The van der Waals surface area contributed by atoms with Gasteiger partial charge < -0.3 is 10.2 Å². The van der Waals surface area contributed by atoms with Crippen LogP contribution in [-0.2, 0) is 0 Å². The van der Waals surface area contributed by atoms with Gasteiger partial charge in [-0.05, 0) is 77.9 Å². The summed E-state index contributed by atoms with van der Waals surface area (Å²) in [5.41, 5.74) is 7.46. The van der Waals surface area contributed by atoms with E-state index in [9.17, 15) is 0 Å². The van der Waals surface area contributed by atoms with Crippen molar-refractivity contribution in [3.05, 3.63) is 140 Å². The maximum atomic E-state index is 3.96. The number of rotatable bonds is 7. The van der Waals surface area contributed by atoms with Crippen LogP contribution in [-0.4, -0.2) is 0 Å². The number of anilines is 5. The number of fused-ring (bicyclic) bond motifs is 3. The quantitative estimate of drug-likeness (QED) is 0.237. The first-order chi connectivity index (χ1) is 18.2. The van der Waals surface area contributed by atoms with Crippen LogP contribution in [0.15, 0.2) is 128 Å². The van der Waals surface area contributed by atoms with E-state index in [0.29, 0.717) is 0 Å². The van der Waals surface area contributed by atoms with Crippen molar-refractivity contribution in [3.63, 3.8) is 0 Å². The molecule has 0 saturated heterocycles. The summed E-state index contributed by atoms with van der Waals surface area (Å²) in [6, 6.07) is 40.6. The van der Waals surface area contributed by atoms with Crippen LogP contribution >= 0.6 is 11.3 Å². The van der Waals surface area contributed by atoms with Crippen molar-refractivity contribution in [1.82, 2.24) is 0 Å². The number of thiophene rings is 1. The van der Waals surface area contributed by atoms with E-state index in [0.717, 1.165) is 39.6 Å². The van der Waals surface area contributed by atoms with Crippen LogP contribution in [0.3, 0.4) is 0 Å². The maximum absolute atomic E-state index is 3.96. The monoisotopic (exact) mass is 494 g/mol. The molecule has 178 valence electrons. The fourth-order valence-corrected chi connectivity index (χ4v) is 5.81. The average molecular weight is 495 g/mol. The van der Waals surface area contributed by atoms with E-state index in [1.165, 1.54) is 20.2 Å². The largest absolute Gasteiger partial charge is 0.355 e. The van der Waals surface area contributed by atoms with Crippen molar-refractivity contribution in [3.8, 4) is 0 Å². The second-order valence-electron chi connectivity index (χ2n) is 8.92. The Hall–Kier alpha value is -4.60. The summed E-state index contributed by atoms with van der Waals surface area (Å²) >= 11 is 1.84. The summed E-state index contributed by atoms with van der Waals surface area (Å²) in [5.74, 6) is 0. The van der Waals surface area contributed by atoms with Gasteiger partial charge in [-0.25, -0.2) is 0 Å². The molecule has 0 radical (unpaired) electrons. The molecule has 0 atom stereocenters. The molecule has 0 bridgehead atoms. The topological polar surface area (TPSA) is 15.3 Å². The van der Waals surface area contributed by atoms with Crippen molar-refractivity contribution in [2.75, 3.05) is 10.2 Å². The van der Waals surface area contributed by atoms with Crippen LogP contribution in [0.4, 0.5) is 28.4 Å². The highest BCUT2D eigenvalue weighted by atomic mass is 32.1. The molecule has 0 unspecified atom stereocenters. The van der Waals surface area contributed by atoms with E-state index < -0.39 is 0 Å². The van der Waals surface area contributed by atoms with Crippen molar-refractivity contribution >= 4 is 72.1 Å². The van der Waals surface area contributed by atoms with E-state index in [-0.39, 0.29) is 0 Å². The van der Waals surface area contributed by atoms with Crippen LogP contribution in [0, 0.1) is 0 Å². The van der Waals surface area contributed by atoms with E-state index >= 15 is 0 Å². The molecule has 0 saturated carbocycles. The number of nitrogens with one attached hydrogen (secondary N) is 1. The highest BCUT2D eigenvalue weighted by molar-refractivity contribution is 7.25. The van der Waals surface area contributed by atoms with Gasteiger partial charge in [-0.1, -0.05) is 73.8 Å². The Morgan fingerprint density at radius 1 is 0.541 bits per heavy atom. The Morgan fingerprint density at radius 2 is 1.14 bits per heavy atom. The number of hydrogen-bond donors (Lipinski definition) is 1. The van der Waals surface area contributed by atoms with E-state index in [2.05, 4.69) is 139 Å². The normalized spacial score (nSPS) is 10.9. The minimum absolute atomic E-state index is 1.03. The molecule has 0 aliphatic heterocycles. The third-order valence-corrected chi connectivity index (χ3v) is 7.65. The summed E-state index contributed by atoms with van der Waals surface area (Å²) < 4.78 is 2.62. The second-order valence-corrected chi connectivity index (χ2v) is 10.0. The molecule has 37 heavy (non-hydrogen) atoms. The van der Waals surface area contributed by atoms with Crippen molar-refractivity contribution < 1.29 is 0 Å². The van der Waals surface area contributed by atoms with Crippen LogP contribution in [0.5, 0.6) is 0 Å². The third kappa shape index (κ3) is 4.53. The predicted molar refractivity (Wildman–Crippen MR) is 164 cm³/mol. The SMILES string of the molecule is C=Cc1cccc(N(c2cccc(C=C)c2)c2cccc(Nc3ccc4sc5ccccc5c4c3)c2)c1. The van der Waals surface area contributed by atoms with Crippen LogP contribution in [0.2, 0.25) is 0 Å². The molecular formula is C34H26N2S. The van der Waals surface area contributed by atoms with Gasteiger partial charge in [0.2, 0.25) is 0 Å². The highest BCUT2D eigenvalue weighted by Crippen LogP contribution is 2.38. The maximum Gasteiger partial charge on any atom is 0.0482 e. The molecule has 0 aliphatic rings. The average Bonchev–Trinajstić information content (AvgIpc) is 3.32. The Kier molecular flexibility index (Phi) is 6.05. The molecule has 6 rings (SSSR count). The zero-order chi connectivity index (χ0) is 25.2. The van der Waals surface area contributed by atoms with Gasteiger partial charge in [-0.3, -0.25) is 0 Å². The lowest BCUT2D eigenvalue weighted by atomic mass is 10.1. The molecule has 2 nitrogen and oxygen atoms in total. The van der Waals surface area contributed by atoms with Gasteiger partial charge in [0.25, 0.3) is 0 Å². The number of hydrogen-bond acceptors (Lipinski definition) is 3. The standard InChI is InChI=1S/C34H26N2S/c1-3-24-10-7-13-28(20-24)36(29-14-8-11-25(4-2)21-29)30-15-9-12-26(22-30)35-27-18-19-34-32(23-27)31-16-5-6-17-33(31)37-34/h3-23,35H,1-2H2. The van der Waals surface area contributed by atoms with Gasteiger partial charge in [0.05, 0.1) is 0 Å². The first-order valence-corrected chi connectivity index (χ1v) is 13.1. The molecule has 0 spiro atoms. The summed E-state index contributed by atoms with van der Waals surface area (Å²) in [6.45, 7) is 7.92. The lowest BCUT2D eigenvalue weighted by Gasteiger charge is -2.26. The fourth-order valence-electron chi connectivity index (χ4n) is 4.72. The second kappa shape index (κ2) is 9.81. The molecule has 1 heterocycles. The first kappa shape index (κ1) is 22.8. The molecule has 5 aromatic carbocycles. The van der Waals surface area contributed by atoms with E-state index in [1.54, 1.807) is 0 Å². The summed E-state index contributed by atoms with van der Waals surface area (Å²) in [4.78, 5) is 2.26. The zero-order valence-corrected chi connectivity index (χ0v) is 21.2. The molecule has 6 aromatic rings. The smallest absolute Gasteiger partial charge is 0.0482 e. The molecule has 1 aromatic heterocycles. The summed E-state index contributed by atoms with van der Waals surface area (Å²) in [5, 5.41) is 6.22. The van der Waals surface area contributed by atoms with E-state index in [4.69, 9.17) is 0 Å². The Labute approximate surface area is 221 Å². The molecular weight excluding hydrogens is 468 g/mol. The minimum Gasteiger partial charge on any atom is -0.355 e. The van der Waals surface area contributed by atoms with Gasteiger partial charge in [0.1, 0.15) is 0 Å². The predicted octanol–water partition coefficient (Wildman–Crippen LogP) is 10.6. The number of nitrogens with zero attached hydrogens (tertiary/aromatic N) is 1. The summed E-state index contributed by atoms with van der Waals surface area (Å²) in [7, 11) is 0. The van der Waals surface area contributed by atoms with Crippen LogP contribution in [0.1, 0.15) is 11.1 Å². The lowest BCUT2D eigenvalue weighted by molar-refractivity contribution is 1.28. The Bertz CT molecular complexity index is 1710. The number of benzene rings is 5. The first-order valence-electron chi connectivity index (χ1n) is 12.3. The third-order valence-electron chi connectivity index (χ3n) is 6.50. The van der Waals surface area contributed by atoms with Crippen molar-refractivity contribution in [2.45, 2.75) is 0 Å². The molecule has 3 heteroatoms. The molecule has 0 aliphatic carbocycles. The molecule has 1 N–H and O–H groups in total. The van der Waals surface area contributed by atoms with E-state index in [1.807, 2.05) is 23.5 Å². The Morgan fingerprint density at radius 3 is 1.84 bits per heavy atom. The van der Waals surface area contributed by atoms with Gasteiger partial charge in [0, 0.05) is 48.6 Å². The van der Waals surface area contributed by atoms with Gasteiger partial charge in [0.15, 0.2) is 0 Å². The molecule has 0 fully saturated rings. The van der Waals surface area contributed by atoms with Gasteiger partial charge in [-0.15, -0.1) is 11.3 Å². The minimum atomic E-state index is 1.03. The Balaban J connectivity index is 1.41. The summed E-state index contributed by atoms with van der Waals surface area (Å²) in [6.07, 6.45) is 3.76. The zero-order valence-electron chi connectivity index (χ0n) is 20.4. The van der Waals surface area contributed by atoms with Gasteiger partial charge >= 0.3 is 0 Å². The van der Waals surface area contributed by atoms with Crippen molar-refractivity contribution in [2.24, 2.45) is 0 Å². The van der Waals surface area contributed by atoms with Gasteiger partial charge in [-0.2, -0.15) is 0 Å². The van der Waals surface area contributed by atoms with Crippen LogP contribution in [0.25, 0.3) is 32.3 Å². The van der Waals surface area contributed by atoms with Crippen molar-refractivity contribution in [1.29, 1.82) is 0 Å². The van der Waals surface area contributed by atoms with Crippen LogP contribution < -0.4 is 10.2 Å². The fraction of sp³-hybridized carbons (Fsp3) is 0. The molecule has 0 amide bonds.